The summed E-state index contributed by atoms with van der Waals surface area (Å²) in [6.45, 7) is 1.99. The van der Waals surface area contributed by atoms with E-state index in [1.807, 2.05) is 55.5 Å². The Morgan fingerprint density at radius 2 is 1.76 bits per heavy atom. The van der Waals surface area contributed by atoms with E-state index >= 15 is 0 Å². The fourth-order valence-corrected chi connectivity index (χ4v) is 2.00. The zero-order valence-corrected chi connectivity index (χ0v) is 9.46. The smallest absolute Gasteiger partial charge is 0.176 e. The van der Waals surface area contributed by atoms with Crippen LogP contribution in [0.2, 0.25) is 0 Å². The van der Waals surface area contributed by atoms with Gasteiger partial charge in [0, 0.05) is 5.56 Å². The van der Waals surface area contributed by atoms with Crippen molar-refractivity contribution in [2.45, 2.75) is 6.92 Å². The van der Waals surface area contributed by atoms with Gasteiger partial charge < -0.3 is 5.21 Å². The van der Waals surface area contributed by atoms with Gasteiger partial charge in [0.05, 0.1) is 5.52 Å². The van der Waals surface area contributed by atoms with Gasteiger partial charge in [-0.25, -0.2) is 4.98 Å². The summed E-state index contributed by atoms with van der Waals surface area (Å²) in [6, 6.07) is 15.4. The molecule has 0 unspecified atom stereocenters. The summed E-state index contributed by atoms with van der Waals surface area (Å²) in [5.74, 6) is 0.579. The number of hydrogen-bond donors (Lipinski definition) is 1. The first-order valence-electron chi connectivity index (χ1n) is 5.50. The summed E-state index contributed by atoms with van der Waals surface area (Å²) in [6.07, 6.45) is 0. The number of benzene rings is 2. The van der Waals surface area contributed by atoms with Crippen molar-refractivity contribution in [1.29, 1.82) is 0 Å². The van der Waals surface area contributed by atoms with Crippen LogP contribution in [0.1, 0.15) is 5.56 Å². The molecule has 1 N–H and O–H groups in total. The third-order valence-electron chi connectivity index (χ3n) is 2.89. The lowest BCUT2D eigenvalue weighted by Crippen LogP contribution is -1.93. The van der Waals surface area contributed by atoms with Crippen molar-refractivity contribution in [2.24, 2.45) is 0 Å². The SMILES string of the molecule is Cc1cccc2c1nc(-c1ccccc1)n2O. The van der Waals surface area contributed by atoms with Crippen molar-refractivity contribution in [3.05, 3.63) is 54.1 Å². The van der Waals surface area contributed by atoms with Crippen LogP contribution in [-0.4, -0.2) is 14.9 Å². The van der Waals surface area contributed by atoms with E-state index in [4.69, 9.17) is 0 Å². The molecular formula is C14H12N2O. The lowest BCUT2D eigenvalue weighted by molar-refractivity contribution is 0.203. The molecule has 0 aliphatic rings. The number of aromatic nitrogens is 2. The predicted octanol–water partition coefficient (Wildman–Crippen LogP) is 3.25. The highest BCUT2D eigenvalue weighted by atomic mass is 16.5. The first-order valence-corrected chi connectivity index (χ1v) is 5.50. The normalized spacial score (nSPS) is 10.9. The van der Waals surface area contributed by atoms with Crippen LogP contribution in [0.4, 0.5) is 0 Å². The molecule has 0 aliphatic carbocycles. The second kappa shape index (κ2) is 3.63. The van der Waals surface area contributed by atoms with Crippen molar-refractivity contribution in [2.75, 3.05) is 0 Å². The third kappa shape index (κ3) is 1.47. The second-order valence-corrected chi connectivity index (χ2v) is 4.06. The molecule has 1 heterocycles. The van der Waals surface area contributed by atoms with Crippen LogP contribution >= 0.6 is 0 Å². The summed E-state index contributed by atoms with van der Waals surface area (Å²) in [4.78, 5) is 4.50. The highest BCUT2D eigenvalue weighted by molar-refractivity contribution is 5.82. The lowest BCUT2D eigenvalue weighted by atomic mass is 10.2. The van der Waals surface area contributed by atoms with Crippen molar-refractivity contribution < 1.29 is 5.21 Å². The zero-order valence-electron chi connectivity index (χ0n) is 9.46. The maximum absolute atomic E-state index is 10.1. The molecule has 1 aromatic heterocycles. The Morgan fingerprint density at radius 1 is 1.00 bits per heavy atom. The van der Waals surface area contributed by atoms with Crippen LogP contribution in [-0.2, 0) is 0 Å². The Labute approximate surface area is 98.9 Å². The van der Waals surface area contributed by atoms with Crippen LogP contribution in [0.5, 0.6) is 0 Å². The molecule has 2 aromatic carbocycles. The number of fused-ring (bicyclic) bond motifs is 1. The third-order valence-corrected chi connectivity index (χ3v) is 2.89. The van der Waals surface area contributed by atoms with Crippen molar-refractivity contribution >= 4 is 11.0 Å². The minimum atomic E-state index is 0.579. The van der Waals surface area contributed by atoms with Gasteiger partial charge in [-0.1, -0.05) is 42.5 Å². The summed E-state index contributed by atoms with van der Waals surface area (Å²) in [7, 11) is 0. The van der Waals surface area contributed by atoms with E-state index in [2.05, 4.69) is 4.98 Å². The summed E-state index contributed by atoms with van der Waals surface area (Å²) < 4.78 is 1.15. The van der Waals surface area contributed by atoms with Crippen molar-refractivity contribution in [3.63, 3.8) is 0 Å². The van der Waals surface area contributed by atoms with Gasteiger partial charge in [-0.05, 0) is 18.6 Å². The summed E-state index contributed by atoms with van der Waals surface area (Å²) in [5.41, 5.74) is 3.55. The molecule has 0 fully saturated rings. The minimum Gasteiger partial charge on any atom is -0.426 e. The molecule has 0 amide bonds. The van der Waals surface area contributed by atoms with Crippen molar-refractivity contribution in [1.82, 2.24) is 9.71 Å². The van der Waals surface area contributed by atoms with Gasteiger partial charge in [0.1, 0.15) is 5.52 Å². The molecule has 0 saturated heterocycles. The average molecular weight is 224 g/mol. The summed E-state index contributed by atoms with van der Waals surface area (Å²) in [5, 5.41) is 10.1. The molecule has 0 atom stereocenters. The van der Waals surface area contributed by atoms with Gasteiger partial charge in [-0.3, -0.25) is 0 Å². The Morgan fingerprint density at radius 3 is 2.47 bits per heavy atom. The number of imidazole rings is 1. The lowest BCUT2D eigenvalue weighted by Gasteiger charge is -1.99. The molecular weight excluding hydrogens is 212 g/mol. The Bertz CT molecular complexity index is 671. The predicted molar refractivity (Wildman–Crippen MR) is 67.1 cm³/mol. The number of nitrogens with zero attached hydrogens (tertiary/aromatic N) is 2. The van der Waals surface area contributed by atoms with E-state index in [1.54, 1.807) is 0 Å². The van der Waals surface area contributed by atoms with E-state index in [-0.39, 0.29) is 0 Å². The number of para-hydroxylation sites is 1. The fraction of sp³-hybridized carbons (Fsp3) is 0.0714. The molecule has 17 heavy (non-hydrogen) atoms. The molecule has 84 valence electrons. The highest BCUT2D eigenvalue weighted by Crippen LogP contribution is 2.24. The average Bonchev–Trinajstić information content (AvgIpc) is 2.70. The maximum atomic E-state index is 10.1. The standard InChI is InChI=1S/C14H12N2O/c1-10-6-5-9-12-13(10)15-14(16(12)17)11-7-3-2-4-8-11/h2-9,17H,1H3. The van der Waals surface area contributed by atoms with E-state index < -0.39 is 0 Å². The molecule has 0 bridgehead atoms. The van der Waals surface area contributed by atoms with Crippen LogP contribution in [0.25, 0.3) is 22.4 Å². The fourth-order valence-electron chi connectivity index (χ4n) is 2.00. The number of rotatable bonds is 1. The highest BCUT2D eigenvalue weighted by Gasteiger charge is 2.12. The Balaban J connectivity index is 2.32. The number of aryl methyl sites for hydroxylation is 1. The molecule has 0 saturated carbocycles. The minimum absolute atomic E-state index is 0.579. The van der Waals surface area contributed by atoms with Gasteiger partial charge >= 0.3 is 0 Å². The van der Waals surface area contributed by atoms with Crippen LogP contribution in [0.3, 0.4) is 0 Å². The molecule has 0 radical (unpaired) electrons. The maximum Gasteiger partial charge on any atom is 0.176 e. The molecule has 0 spiro atoms. The van der Waals surface area contributed by atoms with E-state index in [0.717, 1.165) is 26.9 Å². The van der Waals surface area contributed by atoms with Gasteiger partial charge in [0.2, 0.25) is 0 Å². The first-order chi connectivity index (χ1) is 8.27. The zero-order chi connectivity index (χ0) is 11.8. The van der Waals surface area contributed by atoms with Gasteiger partial charge in [-0.2, -0.15) is 4.73 Å². The molecule has 0 aliphatic heterocycles. The van der Waals surface area contributed by atoms with Gasteiger partial charge in [-0.15, -0.1) is 0 Å². The topological polar surface area (TPSA) is 38.0 Å². The first kappa shape index (κ1) is 9.90. The summed E-state index contributed by atoms with van der Waals surface area (Å²) >= 11 is 0. The van der Waals surface area contributed by atoms with Crippen LogP contribution in [0.15, 0.2) is 48.5 Å². The largest absolute Gasteiger partial charge is 0.426 e. The second-order valence-electron chi connectivity index (χ2n) is 4.06. The van der Waals surface area contributed by atoms with Crippen LogP contribution < -0.4 is 0 Å². The Kier molecular flexibility index (Phi) is 2.11. The monoisotopic (exact) mass is 224 g/mol. The molecule has 3 nitrogen and oxygen atoms in total. The van der Waals surface area contributed by atoms with E-state index in [0.29, 0.717) is 5.82 Å². The molecule has 3 aromatic rings. The van der Waals surface area contributed by atoms with E-state index in [1.165, 1.54) is 0 Å². The number of hydrogen-bond acceptors (Lipinski definition) is 2. The van der Waals surface area contributed by atoms with Gasteiger partial charge in [0.25, 0.3) is 0 Å². The quantitative estimate of drug-likeness (QED) is 0.644. The molecule has 3 heteroatoms. The molecule has 3 rings (SSSR count). The van der Waals surface area contributed by atoms with E-state index in [9.17, 15) is 5.21 Å². The Hall–Kier alpha value is -2.29. The van der Waals surface area contributed by atoms with Crippen LogP contribution in [0, 0.1) is 6.92 Å². The van der Waals surface area contributed by atoms with Crippen molar-refractivity contribution in [3.8, 4) is 11.4 Å². The van der Waals surface area contributed by atoms with Gasteiger partial charge in [0.15, 0.2) is 5.82 Å².